The minimum Gasteiger partial charge on any atom is -0.457 e. The van der Waals surface area contributed by atoms with Crippen LogP contribution in [0.25, 0.3) is 0 Å². The van der Waals surface area contributed by atoms with Gasteiger partial charge in [0.1, 0.15) is 11.5 Å². The Hall–Kier alpha value is -3.49. The van der Waals surface area contributed by atoms with Crippen molar-refractivity contribution >= 4 is 35.1 Å². The molecule has 0 bridgehead atoms. The molecule has 1 atom stereocenters. The van der Waals surface area contributed by atoms with Crippen LogP contribution in [0, 0.1) is 0 Å². The van der Waals surface area contributed by atoms with Gasteiger partial charge in [-0.25, -0.2) is 14.9 Å². The maximum absolute atomic E-state index is 13.2. The average Bonchev–Trinajstić information content (AvgIpc) is 3.15. The fourth-order valence-corrected chi connectivity index (χ4v) is 4.29. The third-order valence-corrected chi connectivity index (χ3v) is 6.11. The van der Waals surface area contributed by atoms with Gasteiger partial charge in [0.25, 0.3) is 5.91 Å². The molecule has 8 nitrogen and oxygen atoms in total. The summed E-state index contributed by atoms with van der Waals surface area (Å²) in [7, 11) is 0. The summed E-state index contributed by atoms with van der Waals surface area (Å²) < 4.78 is 5.80. The molecule has 3 aromatic rings. The van der Waals surface area contributed by atoms with E-state index < -0.39 is 6.04 Å². The SMILES string of the molecule is O=C1C[C@H](N2CCN(c3ncccn3)CC2)C(=O)N1c1ccc(Oc2ccc(Cl)cc2)cc1. The molecule has 2 aromatic carbocycles. The van der Waals surface area contributed by atoms with Gasteiger partial charge in [0.15, 0.2) is 0 Å². The van der Waals surface area contributed by atoms with Gasteiger partial charge in [-0.3, -0.25) is 14.5 Å². The van der Waals surface area contributed by atoms with Crippen molar-refractivity contribution in [3.8, 4) is 11.5 Å². The highest BCUT2D eigenvalue weighted by molar-refractivity contribution is 6.30. The molecule has 0 saturated carbocycles. The molecule has 0 spiro atoms. The summed E-state index contributed by atoms with van der Waals surface area (Å²) in [5.41, 5.74) is 0.548. The zero-order valence-electron chi connectivity index (χ0n) is 17.8. The van der Waals surface area contributed by atoms with Crippen LogP contribution in [0.3, 0.4) is 0 Å². The molecule has 1 aromatic heterocycles. The van der Waals surface area contributed by atoms with E-state index in [1.807, 2.05) is 0 Å². The zero-order chi connectivity index (χ0) is 22.8. The molecule has 3 heterocycles. The Labute approximate surface area is 196 Å². The van der Waals surface area contributed by atoms with Crippen molar-refractivity contribution in [3.05, 3.63) is 72.0 Å². The van der Waals surface area contributed by atoms with Crippen LogP contribution in [0.4, 0.5) is 11.6 Å². The molecule has 2 aliphatic heterocycles. The number of hydrogen-bond acceptors (Lipinski definition) is 7. The van der Waals surface area contributed by atoms with E-state index in [1.54, 1.807) is 67.0 Å². The van der Waals surface area contributed by atoms with Gasteiger partial charge in [0.05, 0.1) is 18.2 Å². The molecule has 0 unspecified atom stereocenters. The highest BCUT2D eigenvalue weighted by Crippen LogP contribution is 2.30. The summed E-state index contributed by atoms with van der Waals surface area (Å²) in [6.07, 6.45) is 3.62. The Morgan fingerprint density at radius 1 is 0.848 bits per heavy atom. The van der Waals surface area contributed by atoms with Gasteiger partial charge in [-0.1, -0.05) is 11.6 Å². The third-order valence-electron chi connectivity index (χ3n) is 5.86. The van der Waals surface area contributed by atoms with Crippen LogP contribution in [0.2, 0.25) is 5.02 Å². The number of carbonyl (C=O) groups is 2. The normalized spacial score (nSPS) is 19.2. The van der Waals surface area contributed by atoms with Gasteiger partial charge in [0, 0.05) is 43.6 Å². The quantitative estimate of drug-likeness (QED) is 0.537. The Bertz CT molecular complexity index is 1130. The maximum Gasteiger partial charge on any atom is 0.251 e. The monoisotopic (exact) mass is 463 g/mol. The lowest BCUT2D eigenvalue weighted by molar-refractivity contribution is -0.123. The second kappa shape index (κ2) is 9.17. The van der Waals surface area contributed by atoms with Crippen LogP contribution in [-0.4, -0.2) is 58.9 Å². The van der Waals surface area contributed by atoms with E-state index in [-0.39, 0.29) is 18.2 Å². The molecule has 0 N–H and O–H groups in total. The average molecular weight is 464 g/mol. The molecule has 33 heavy (non-hydrogen) atoms. The van der Waals surface area contributed by atoms with E-state index in [1.165, 1.54) is 4.90 Å². The van der Waals surface area contributed by atoms with Crippen LogP contribution in [0.5, 0.6) is 11.5 Å². The molecule has 2 amide bonds. The van der Waals surface area contributed by atoms with Gasteiger partial charge in [-0.05, 0) is 54.6 Å². The molecule has 2 aliphatic rings. The van der Waals surface area contributed by atoms with E-state index in [9.17, 15) is 9.59 Å². The van der Waals surface area contributed by atoms with Gasteiger partial charge in [0.2, 0.25) is 11.9 Å². The molecular formula is C24H22ClN5O3. The summed E-state index contributed by atoms with van der Waals surface area (Å²) in [6, 6.07) is 15.3. The van der Waals surface area contributed by atoms with Gasteiger partial charge in [-0.15, -0.1) is 0 Å². The fraction of sp³-hybridized carbons (Fsp3) is 0.250. The molecular weight excluding hydrogens is 442 g/mol. The second-order valence-corrected chi connectivity index (χ2v) is 8.35. The lowest BCUT2D eigenvalue weighted by Gasteiger charge is -2.36. The second-order valence-electron chi connectivity index (χ2n) is 7.91. The summed E-state index contributed by atoms with van der Waals surface area (Å²) in [5.74, 6) is 1.58. The van der Waals surface area contributed by atoms with E-state index in [2.05, 4.69) is 19.8 Å². The molecule has 0 aliphatic carbocycles. The lowest BCUT2D eigenvalue weighted by atomic mass is 10.2. The Morgan fingerprint density at radius 3 is 2.09 bits per heavy atom. The molecule has 2 fully saturated rings. The number of benzene rings is 2. The first kappa shape index (κ1) is 21.4. The summed E-state index contributed by atoms with van der Waals surface area (Å²) >= 11 is 5.90. The van der Waals surface area contributed by atoms with Crippen molar-refractivity contribution in [1.29, 1.82) is 0 Å². The maximum atomic E-state index is 13.2. The van der Waals surface area contributed by atoms with Crippen LogP contribution < -0.4 is 14.5 Å². The topological polar surface area (TPSA) is 78.9 Å². The Morgan fingerprint density at radius 2 is 1.45 bits per heavy atom. The largest absolute Gasteiger partial charge is 0.457 e. The first-order valence-electron chi connectivity index (χ1n) is 10.7. The van der Waals surface area contributed by atoms with Crippen molar-refractivity contribution in [1.82, 2.24) is 14.9 Å². The number of anilines is 2. The number of carbonyl (C=O) groups excluding carboxylic acids is 2. The predicted molar refractivity (Wildman–Crippen MR) is 125 cm³/mol. The number of piperazine rings is 1. The van der Waals surface area contributed by atoms with Crippen molar-refractivity contribution in [2.24, 2.45) is 0 Å². The molecule has 5 rings (SSSR count). The van der Waals surface area contributed by atoms with Gasteiger partial charge >= 0.3 is 0 Å². The van der Waals surface area contributed by atoms with E-state index in [0.717, 1.165) is 0 Å². The third kappa shape index (κ3) is 4.53. The van der Waals surface area contributed by atoms with E-state index in [0.29, 0.717) is 54.3 Å². The Balaban J connectivity index is 1.23. The minimum atomic E-state index is -0.443. The fourth-order valence-electron chi connectivity index (χ4n) is 4.16. The van der Waals surface area contributed by atoms with Crippen molar-refractivity contribution in [3.63, 3.8) is 0 Å². The first-order valence-corrected chi connectivity index (χ1v) is 11.1. The number of hydrogen-bond donors (Lipinski definition) is 0. The summed E-state index contributed by atoms with van der Waals surface area (Å²) in [5, 5.41) is 0.633. The highest BCUT2D eigenvalue weighted by atomic mass is 35.5. The highest BCUT2D eigenvalue weighted by Gasteiger charge is 2.43. The van der Waals surface area contributed by atoms with Crippen LogP contribution in [-0.2, 0) is 9.59 Å². The first-order chi connectivity index (χ1) is 16.1. The van der Waals surface area contributed by atoms with Crippen molar-refractivity contribution in [2.45, 2.75) is 12.5 Å². The molecule has 0 radical (unpaired) electrons. The van der Waals surface area contributed by atoms with Crippen molar-refractivity contribution < 1.29 is 14.3 Å². The number of nitrogens with zero attached hydrogens (tertiary/aromatic N) is 5. The number of halogens is 1. The molecule has 168 valence electrons. The summed E-state index contributed by atoms with van der Waals surface area (Å²) in [6.45, 7) is 2.75. The summed E-state index contributed by atoms with van der Waals surface area (Å²) in [4.78, 5) is 39.9. The zero-order valence-corrected chi connectivity index (χ0v) is 18.6. The van der Waals surface area contributed by atoms with Gasteiger partial charge in [-0.2, -0.15) is 0 Å². The van der Waals surface area contributed by atoms with Gasteiger partial charge < -0.3 is 9.64 Å². The smallest absolute Gasteiger partial charge is 0.251 e. The van der Waals surface area contributed by atoms with E-state index >= 15 is 0 Å². The molecule has 2 saturated heterocycles. The Kier molecular flexibility index (Phi) is 5.93. The lowest BCUT2D eigenvalue weighted by Crippen LogP contribution is -2.53. The number of amides is 2. The molecule has 9 heteroatoms. The number of aromatic nitrogens is 2. The number of ether oxygens (including phenoxy) is 1. The minimum absolute atomic E-state index is 0.184. The van der Waals surface area contributed by atoms with Crippen LogP contribution >= 0.6 is 11.6 Å². The standard InChI is InChI=1S/C24H22ClN5O3/c25-17-2-6-19(7-3-17)33-20-8-4-18(5-9-20)30-22(31)16-21(23(30)32)28-12-14-29(15-13-28)24-26-10-1-11-27-24/h1-11,21H,12-16H2/t21-/m0/s1. The van der Waals surface area contributed by atoms with Crippen LogP contribution in [0.15, 0.2) is 67.0 Å². The number of imide groups is 1. The van der Waals surface area contributed by atoms with Crippen LogP contribution in [0.1, 0.15) is 6.42 Å². The predicted octanol–water partition coefficient (Wildman–Crippen LogP) is 3.38. The van der Waals surface area contributed by atoms with Crippen molar-refractivity contribution in [2.75, 3.05) is 36.0 Å². The van der Waals surface area contributed by atoms with E-state index in [4.69, 9.17) is 16.3 Å². The number of rotatable bonds is 5.